The first-order valence-electron chi connectivity index (χ1n) is 5.22. The van der Waals surface area contributed by atoms with E-state index in [2.05, 4.69) is 0 Å². The molecule has 2 rings (SSSR count). The van der Waals surface area contributed by atoms with E-state index in [1.165, 1.54) is 11.3 Å². The lowest BCUT2D eigenvalue weighted by Crippen LogP contribution is -2.10. The Balaban J connectivity index is 1.97. The highest BCUT2D eigenvalue weighted by molar-refractivity contribution is 7.16. The van der Waals surface area contributed by atoms with Crippen LogP contribution in [0.2, 0.25) is 4.34 Å². The normalized spacial score (nSPS) is 23.3. The van der Waals surface area contributed by atoms with Crippen LogP contribution in [0, 0.1) is 6.92 Å². The molecule has 2 unspecified atom stereocenters. The van der Waals surface area contributed by atoms with Crippen molar-refractivity contribution >= 4 is 22.9 Å². The van der Waals surface area contributed by atoms with Crippen LogP contribution < -0.4 is 0 Å². The van der Waals surface area contributed by atoms with E-state index in [1.54, 1.807) is 0 Å². The number of aliphatic hydroxyl groups excluding tert-OH is 1. The molecule has 1 N–H and O–H groups in total. The predicted molar refractivity (Wildman–Crippen MR) is 62.6 cm³/mol. The molecule has 2 heterocycles. The van der Waals surface area contributed by atoms with Gasteiger partial charge in [-0.15, -0.1) is 11.3 Å². The van der Waals surface area contributed by atoms with Crippen LogP contribution in [0.15, 0.2) is 6.07 Å². The molecule has 1 fully saturated rings. The van der Waals surface area contributed by atoms with Crippen molar-refractivity contribution in [3.63, 3.8) is 0 Å². The smallest absolute Gasteiger partial charge is 0.0961 e. The zero-order chi connectivity index (χ0) is 10.8. The van der Waals surface area contributed by atoms with Crippen LogP contribution in [0.25, 0.3) is 0 Å². The molecular formula is C11H15ClO2S. The van der Waals surface area contributed by atoms with Crippen molar-refractivity contribution in [3.8, 4) is 0 Å². The molecule has 1 saturated heterocycles. The van der Waals surface area contributed by atoms with Gasteiger partial charge in [-0.3, -0.25) is 0 Å². The molecule has 15 heavy (non-hydrogen) atoms. The quantitative estimate of drug-likeness (QED) is 0.887. The molecule has 1 aliphatic rings. The highest BCUT2D eigenvalue weighted by Crippen LogP contribution is 2.34. The summed E-state index contributed by atoms with van der Waals surface area (Å²) >= 11 is 7.43. The minimum absolute atomic E-state index is 0.223. The number of hydrogen-bond donors (Lipinski definition) is 1. The van der Waals surface area contributed by atoms with Gasteiger partial charge in [0.25, 0.3) is 0 Å². The molecule has 0 radical (unpaired) electrons. The number of aryl methyl sites for hydroxylation is 1. The summed E-state index contributed by atoms with van der Waals surface area (Å²) in [6, 6.07) is 1.96. The van der Waals surface area contributed by atoms with Crippen molar-refractivity contribution in [1.82, 2.24) is 0 Å². The highest BCUT2D eigenvalue weighted by atomic mass is 35.5. The van der Waals surface area contributed by atoms with Gasteiger partial charge in [0.1, 0.15) is 0 Å². The Labute approximate surface area is 98.8 Å². The Morgan fingerprint density at radius 1 is 1.73 bits per heavy atom. The summed E-state index contributed by atoms with van der Waals surface area (Å²) in [6.45, 7) is 2.79. The third-order valence-electron chi connectivity index (χ3n) is 2.71. The summed E-state index contributed by atoms with van der Waals surface area (Å²) in [4.78, 5) is 0.952. The van der Waals surface area contributed by atoms with E-state index in [1.807, 2.05) is 13.0 Å². The topological polar surface area (TPSA) is 29.5 Å². The molecule has 1 aromatic rings. The summed E-state index contributed by atoms with van der Waals surface area (Å²) in [7, 11) is 0. The molecule has 2 nitrogen and oxygen atoms in total. The van der Waals surface area contributed by atoms with E-state index in [4.69, 9.17) is 16.3 Å². The van der Waals surface area contributed by atoms with E-state index in [0.717, 1.165) is 34.2 Å². The number of hydrogen-bond acceptors (Lipinski definition) is 3. The number of aliphatic hydroxyl groups is 1. The predicted octanol–water partition coefficient (Wildman–Crippen LogP) is 3.31. The maximum Gasteiger partial charge on any atom is 0.0961 e. The maximum atomic E-state index is 9.99. The molecule has 84 valence electrons. The van der Waals surface area contributed by atoms with Gasteiger partial charge in [-0.05, 0) is 31.4 Å². The van der Waals surface area contributed by atoms with Gasteiger partial charge in [0, 0.05) is 17.9 Å². The van der Waals surface area contributed by atoms with Crippen molar-refractivity contribution in [2.75, 3.05) is 6.61 Å². The molecule has 1 aromatic heterocycles. The van der Waals surface area contributed by atoms with Crippen LogP contribution in [0.5, 0.6) is 0 Å². The van der Waals surface area contributed by atoms with Crippen molar-refractivity contribution in [3.05, 3.63) is 20.8 Å². The zero-order valence-corrected chi connectivity index (χ0v) is 10.3. The first-order chi connectivity index (χ1) is 7.16. The van der Waals surface area contributed by atoms with E-state index in [9.17, 15) is 5.11 Å². The summed E-state index contributed by atoms with van der Waals surface area (Å²) in [5, 5.41) is 9.99. The van der Waals surface area contributed by atoms with Gasteiger partial charge in [-0.25, -0.2) is 0 Å². The van der Waals surface area contributed by atoms with E-state index in [0.29, 0.717) is 6.42 Å². The second kappa shape index (κ2) is 4.83. The largest absolute Gasteiger partial charge is 0.387 e. The van der Waals surface area contributed by atoms with Crippen LogP contribution >= 0.6 is 22.9 Å². The zero-order valence-electron chi connectivity index (χ0n) is 8.70. The van der Waals surface area contributed by atoms with Gasteiger partial charge in [0.15, 0.2) is 0 Å². The molecule has 4 heteroatoms. The number of halogens is 1. The fraction of sp³-hybridized carbons (Fsp3) is 0.636. The SMILES string of the molecule is Cc1cc(C(O)CC2CCCO2)sc1Cl. The molecule has 0 saturated carbocycles. The van der Waals surface area contributed by atoms with Crippen molar-refractivity contribution in [1.29, 1.82) is 0 Å². The van der Waals surface area contributed by atoms with E-state index >= 15 is 0 Å². The van der Waals surface area contributed by atoms with Crippen molar-refractivity contribution in [2.24, 2.45) is 0 Å². The average molecular weight is 247 g/mol. The third-order valence-corrected chi connectivity index (χ3v) is 4.37. The molecule has 0 aromatic carbocycles. The molecular weight excluding hydrogens is 232 g/mol. The summed E-state index contributed by atoms with van der Waals surface area (Å²) in [5.74, 6) is 0. The monoisotopic (exact) mass is 246 g/mol. The Morgan fingerprint density at radius 2 is 2.53 bits per heavy atom. The lowest BCUT2D eigenvalue weighted by atomic mass is 10.1. The summed E-state index contributed by atoms with van der Waals surface area (Å²) in [5.41, 5.74) is 1.04. The van der Waals surface area contributed by atoms with Gasteiger partial charge in [0.2, 0.25) is 0 Å². The molecule has 2 atom stereocenters. The molecule has 1 aliphatic heterocycles. The van der Waals surface area contributed by atoms with Crippen LogP contribution in [0.1, 0.15) is 35.8 Å². The first kappa shape index (κ1) is 11.4. The second-order valence-corrected chi connectivity index (χ2v) is 5.68. The number of rotatable bonds is 3. The standard InChI is InChI=1S/C11H15ClO2S/c1-7-5-10(15-11(7)12)9(13)6-8-3-2-4-14-8/h5,8-9,13H,2-4,6H2,1H3. The highest BCUT2D eigenvalue weighted by Gasteiger charge is 2.21. The Kier molecular flexibility index (Phi) is 3.67. The van der Waals surface area contributed by atoms with Gasteiger partial charge in [-0.1, -0.05) is 11.6 Å². The Morgan fingerprint density at radius 3 is 3.07 bits per heavy atom. The molecule has 0 aliphatic carbocycles. The average Bonchev–Trinajstić information content (AvgIpc) is 2.78. The summed E-state index contributed by atoms with van der Waals surface area (Å²) in [6.07, 6.45) is 2.66. The molecule has 0 amide bonds. The maximum absolute atomic E-state index is 9.99. The lowest BCUT2D eigenvalue weighted by Gasteiger charge is -2.13. The third kappa shape index (κ3) is 2.72. The number of thiophene rings is 1. The molecule has 0 spiro atoms. The Hall–Kier alpha value is -0.0900. The van der Waals surface area contributed by atoms with Gasteiger partial charge in [0.05, 0.1) is 16.5 Å². The van der Waals surface area contributed by atoms with Crippen LogP contribution in [0.4, 0.5) is 0 Å². The van der Waals surface area contributed by atoms with Crippen molar-refractivity contribution < 1.29 is 9.84 Å². The van der Waals surface area contributed by atoms with Crippen molar-refractivity contribution in [2.45, 2.75) is 38.4 Å². The summed E-state index contributed by atoms with van der Waals surface area (Å²) < 4.78 is 6.27. The van der Waals surface area contributed by atoms with E-state index in [-0.39, 0.29) is 6.10 Å². The molecule has 0 bridgehead atoms. The first-order valence-corrected chi connectivity index (χ1v) is 6.42. The van der Waals surface area contributed by atoms with Crippen LogP contribution in [-0.4, -0.2) is 17.8 Å². The number of ether oxygens (including phenoxy) is 1. The minimum Gasteiger partial charge on any atom is -0.387 e. The van der Waals surface area contributed by atoms with Gasteiger partial charge >= 0.3 is 0 Å². The lowest BCUT2D eigenvalue weighted by molar-refractivity contribution is 0.0548. The second-order valence-electron chi connectivity index (χ2n) is 3.99. The minimum atomic E-state index is -0.427. The van der Waals surface area contributed by atoms with Crippen LogP contribution in [-0.2, 0) is 4.74 Å². The van der Waals surface area contributed by atoms with E-state index < -0.39 is 6.10 Å². The fourth-order valence-corrected chi connectivity index (χ4v) is 3.06. The van der Waals surface area contributed by atoms with Gasteiger partial charge in [-0.2, -0.15) is 0 Å². The van der Waals surface area contributed by atoms with Gasteiger partial charge < -0.3 is 9.84 Å². The fourth-order valence-electron chi connectivity index (χ4n) is 1.84. The van der Waals surface area contributed by atoms with Crippen LogP contribution in [0.3, 0.4) is 0 Å². The Bertz CT molecular complexity index is 312.